The molecule has 1 fully saturated rings. The standard InChI is InChI=1S/C17H16F3NO3/c18-17(19,20)10-24-14-8-4-1-5-11(14)9-21-15(22)12-6-2-3-7-13(12)16(21)23/h1-5,8,12-13H,6-7,9-10H2. The number of rotatable bonds is 4. The molecule has 2 atom stereocenters. The molecule has 2 aliphatic rings. The molecule has 0 saturated carbocycles. The van der Waals surface area contributed by atoms with Crippen LogP contribution in [-0.2, 0) is 16.1 Å². The second kappa shape index (κ2) is 6.30. The van der Waals surface area contributed by atoms with Gasteiger partial charge in [-0.2, -0.15) is 13.2 Å². The molecule has 24 heavy (non-hydrogen) atoms. The first-order chi connectivity index (χ1) is 11.4. The van der Waals surface area contributed by atoms with Crippen molar-refractivity contribution >= 4 is 11.8 Å². The molecule has 0 bridgehead atoms. The van der Waals surface area contributed by atoms with Gasteiger partial charge in [0.1, 0.15) is 5.75 Å². The van der Waals surface area contributed by atoms with Crippen molar-refractivity contribution in [1.29, 1.82) is 0 Å². The van der Waals surface area contributed by atoms with Gasteiger partial charge in [0.25, 0.3) is 0 Å². The number of hydrogen-bond donors (Lipinski definition) is 0. The van der Waals surface area contributed by atoms with Crippen LogP contribution in [0.2, 0.25) is 0 Å². The first-order valence-electron chi connectivity index (χ1n) is 7.64. The van der Waals surface area contributed by atoms with E-state index in [1.807, 2.05) is 12.2 Å². The Morgan fingerprint density at radius 3 is 2.21 bits per heavy atom. The van der Waals surface area contributed by atoms with Crippen LogP contribution in [0, 0.1) is 11.8 Å². The average Bonchev–Trinajstić information content (AvgIpc) is 2.79. The van der Waals surface area contributed by atoms with Crippen molar-refractivity contribution in [2.24, 2.45) is 11.8 Å². The van der Waals surface area contributed by atoms with Gasteiger partial charge in [-0.05, 0) is 18.9 Å². The van der Waals surface area contributed by atoms with E-state index in [2.05, 4.69) is 0 Å². The summed E-state index contributed by atoms with van der Waals surface area (Å²) in [7, 11) is 0. The Morgan fingerprint density at radius 1 is 1.04 bits per heavy atom. The van der Waals surface area contributed by atoms with Crippen LogP contribution < -0.4 is 4.74 Å². The summed E-state index contributed by atoms with van der Waals surface area (Å²) in [4.78, 5) is 26.0. The third-order valence-corrected chi connectivity index (χ3v) is 4.29. The summed E-state index contributed by atoms with van der Waals surface area (Å²) >= 11 is 0. The predicted molar refractivity (Wildman–Crippen MR) is 78.9 cm³/mol. The molecule has 4 nitrogen and oxygen atoms in total. The van der Waals surface area contributed by atoms with Gasteiger partial charge >= 0.3 is 6.18 Å². The highest BCUT2D eigenvalue weighted by Gasteiger charge is 2.47. The zero-order chi connectivity index (χ0) is 17.3. The molecular weight excluding hydrogens is 323 g/mol. The van der Waals surface area contributed by atoms with Gasteiger partial charge in [-0.3, -0.25) is 14.5 Å². The summed E-state index contributed by atoms with van der Waals surface area (Å²) in [5, 5.41) is 0. The Morgan fingerprint density at radius 2 is 1.62 bits per heavy atom. The molecule has 0 spiro atoms. The zero-order valence-electron chi connectivity index (χ0n) is 12.8. The second-order valence-electron chi connectivity index (χ2n) is 5.93. The van der Waals surface area contributed by atoms with Crippen LogP contribution in [0.3, 0.4) is 0 Å². The van der Waals surface area contributed by atoms with Gasteiger partial charge in [-0.25, -0.2) is 0 Å². The van der Waals surface area contributed by atoms with Gasteiger partial charge in [0, 0.05) is 5.56 Å². The number of benzene rings is 1. The maximum atomic E-state index is 12.4. The van der Waals surface area contributed by atoms with E-state index in [1.54, 1.807) is 18.2 Å². The first-order valence-corrected chi connectivity index (χ1v) is 7.64. The molecule has 1 saturated heterocycles. The molecule has 128 valence electrons. The maximum Gasteiger partial charge on any atom is 0.422 e. The molecule has 1 aromatic rings. The third-order valence-electron chi connectivity index (χ3n) is 4.29. The lowest BCUT2D eigenvalue weighted by molar-refractivity contribution is -0.154. The van der Waals surface area contributed by atoms with E-state index in [-0.39, 0.29) is 35.9 Å². The largest absolute Gasteiger partial charge is 0.484 e. The Kier molecular flexibility index (Phi) is 4.34. The summed E-state index contributed by atoms with van der Waals surface area (Å²) in [6, 6.07) is 6.15. The molecule has 1 aliphatic heterocycles. The lowest BCUT2D eigenvalue weighted by atomic mass is 9.85. The molecule has 7 heteroatoms. The number of amides is 2. The van der Waals surface area contributed by atoms with Crippen molar-refractivity contribution in [2.45, 2.75) is 25.6 Å². The van der Waals surface area contributed by atoms with E-state index in [1.165, 1.54) is 6.07 Å². The van der Waals surface area contributed by atoms with Gasteiger partial charge in [0.2, 0.25) is 11.8 Å². The molecule has 0 aromatic heterocycles. The quantitative estimate of drug-likeness (QED) is 0.626. The number of carbonyl (C=O) groups is 2. The number of ether oxygens (including phenoxy) is 1. The minimum absolute atomic E-state index is 0.0309. The van der Waals surface area contributed by atoms with Crippen molar-refractivity contribution in [1.82, 2.24) is 4.90 Å². The molecular formula is C17H16F3NO3. The summed E-state index contributed by atoms with van der Waals surface area (Å²) in [6.45, 7) is -1.49. The first kappa shape index (κ1) is 16.5. The van der Waals surface area contributed by atoms with Gasteiger partial charge in [0.05, 0.1) is 18.4 Å². The number of nitrogens with zero attached hydrogens (tertiary/aromatic N) is 1. The van der Waals surface area contributed by atoms with Gasteiger partial charge < -0.3 is 4.74 Å². The fourth-order valence-electron chi connectivity index (χ4n) is 3.13. The van der Waals surface area contributed by atoms with E-state index in [4.69, 9.17) is 4.74 Å². The van der Waals surface area contributed by atoms with Crippen molar-refractivity contribution in [2.75, 3.05) is 6.61 Å². The van der Waals surface area contributed by atoms with E-state index < -0.39 is 12.8 Å². The summed E-state index contributed by atoms with van der Waals surface area (Å²) in [5.41, 5.74) is 0.384. The van der Waals surface area contributed by atoms with Crippen LogP contribution in [0.4, 0.5) is 13.2 Å². The van der Waals surface area contributed by atoms with E-state index in [0.29, 0.717) is 18.4 Å². The molecule has 1 aliphatic carbocycles. The van der Waals surface area contributed by atoms with E-state index >= 15 is 0 Å². The number of imide groups is 1. The zero-order valence-corrected chi connectivity index (χ0v) is 12.8. The topological polar surface area (TPSA) is 46.6 Å². The molecule has 0 radical (unpaired) electrons. The maximum absolute atomic E-state index is 12.4. The van der Waals surface area contributed by atoms with Gasteiger partial charge in [0.15, 0.2) is 6.61 Å². The fourth-order valence-corrected chi connectivity index (χ4v) is 3.13. The van der Waals surface area contributed by atoms with Crippen molar-refractivity contribution in [3.05, 3.63) is 42.0 Å². The van der Waals surface area contributed by atoms with E-state index in [9.17, 15) is 22.8 Å². The monoisotopic (exact) mass is 339 g/mol. The number of likely N-dealkylation sites (tertiary alicyclic amines) is 1. The Bertz CT molecular complexity index is 658. The molecule has 0 N–H and O–H groups in total. The van der Waals surface area contributed by atoms with Gasteiger partial charge in [-0.15, -0.1) is 0 Å². The second-order valence-corrected chi connectivity index (χ2v) is 5.93. The molecule has 2 amide bonds. The number of para-hydroxylation sites is 1. The minimum Gasteiger partial charge on any atom is -0.484 e. The normalized spacial score (nSPS) is 23.5. The number of alkyl halides is 3. The highest BCUT2D eigenvalue weighted by molar-refractivity contribution is 6.05. The predicted octanol–water partition coefficient (Wildman–Crippen LogP) is 3.08. The average molecular weight is 339 g/mol. The molecule has 3 rings (SSSR count). The lowest BCUT2D eigenvalue weighted by Crippen LogP contribution is -2.31. The van der Waals surface area contributed by atoms with Crippen LogP contribution in [0.1, 0.15) is 18.4 Å². The van der Waals surface area contributed by atoms with Crippen molar-refractivity contribution < 1.29 is 27.5 Å². The summed E-state index contributed by atoms with van der Waals surface area (Å²) < 4.78 is 41.9. The number of hydrogen-bond acceptors (Lipinski definition) is 3. The molecule has 1 aromatic carbocycles. The van der Waals surface area contributed by atoms with Crippen molar-refractivity contribution in [3.8, 4) is 5.75 Å². The smallest absolute Gasteiger partial charge is 0.422 e. The van der Waals surface area contributed by atoms with Crippen molar-refractivity contribution in [3.63, 3.8) is 0 Å². The highest BCUT2D eigenvalue weighted by Crippen LogP contribution is 2.36. The van der Waals surface area contributed by atoms with Gasteiger partial charge in [-0.1, -0.05) is 30.4 Å². The highest BCUT2D eigenvalue weighted by atomic mass is 19.4. The van der Waals surface area contributed by atoms with Crippen LogP contribution in [0.5, 0.6) is 5.75 Å². The van der Waals surface area contributed by atoms with Crippen LogP contribution >= 0.6 is 0 Å². The van der Waals surface area contributed by atoms with Crippen LogP contribution in [0.15, 0.2) is 36.4 Å². The number of allylic oxidation sites excluding steroid dienone is 2. The minimum atomic E-state index is -4.45. The Hall–Kier alpha value is -2.31. The number of halogens is 3. The summed E-state index contributed by atoms with van der Waals surface area (Å²) in [5.74, 6) is -1.21. The third kappa shape index (κ3) is 3.29. The number of fused-ring (bicyclic) bond motifs is 1. The Balaban J connectivity index is 1.77. The fraction of sp³-hybridized carbons (Fsp3) is 0.412. The van der Waals surface area contributed by atoms with Crippen LogP contribution in [0.25, 0.3) is 0 Å². The molecule has 2 unspecified atom stereocenters. The van der Waals surface area contributed by atoms with E-state index in [0.717, 1.165) is 4.90 Å². The van der Waals surface area contributed by atoms with Crippen LogP contribution in [-0.4, -0.2) is 29.5 Å². The Labute approximate surface area is 136 Å². The summed E-state index contributed by atoms with van der Waals surface area (Å²) in [6.07, 6.45) is 0.370. The molecule has 1 heterocycles. The SMILES string of the molecule is O=C1C2CC=CCC2C(=O)N1Cc1ccccc1OCC(F)(F)F. The lowest BCUT2D eigenvalue weighted by Gasteiger charge is -2.18. The number of carbonyl (C=O) groups excluding carboxylic acids is 2.